The summed E-state index contributed by atoms with van der Waals surface area (Å²) in [6.07, 6.45) is 1.21. The van der Waals surface area contributed by atoms with Crippen LogP contribution in [0, 0.1) is 0 Å². The van der Waals surface area contributed by atoms with E-state index in [0.717, 1.165) is 13.0 Å². The first kappa shape index (κ1) is 15.3. The first-order valence-electron chi connectivity index (χ1n) is 5.68. The van der Waals surface area contributed by atoms with Crippen LogP contribution in [-0.4, -0.2) is 62.4 Å². The maximum atomic E-state index is 11.4. The molecule has 0 fully saturated rings. The van der Waals surface area contributed by atoms with Crippen molar-refractivity contribution in [1.82, 2.24) is 10.2 Å². The molecule has 0 aliphatic rings. The summed E-state index contributed by atoms with van der Waals surface area (Å²) in [6.45, 7) is 4.16. The Hall–Kier alpha value is -0.650. The van der Waals surface area contributed by atoms with Crippen molar-refractivity contribution >= 4 is 5.91 Å². The van der Waals surface area contributed by atoms with E-state index in [1.165, 1.54) is 0 Å². The predicted octanol–water partition coefficient (Wildman–Crippen LogP) is -0.158. The molecule has 96 valence electrons. The molecular weight excluding hydrogens is 208 g/mol. The van der Waals surface area contributed by atoms with Gasteiger partial charge in [0.15, 0.2) is 0 Å². The van der Waals surface area contributed by atoms with Gasteiger partial charge in [-0.3, -0.25) is 9.69 Å². The normalized spacial score (nSPS) is 12.8. The third-order valence-electron chi connectivity index (χ3n) is 2.19. The van der Waals surface area contributed by atoms with Crippen molar-refractivity contribution in [3.63, 3.8) is 0 Å². The van der Waals surface area contributed by atoms with E-state index >= 15 is 0 Å². The molecule has 5 nitrogen and oxygen atoms in total. The van der Waals surface area contributed by atoms with Crippen molar-refractivity contribution in [3.05, 3.63) is 0 Å². The van der Waals surface area contributed by atoms with Crippen LogP contribution in [0.15, 0.2) is 0 Å². The quantitative estimate of drug-likeness (QED) is 0.542. The molecule has 0 rings (SSSR count). The first-order valence-corrected chi connectivity index (χ1v) is 5.68. The molecule has 0 heterocycles. The molecule has 0 radical (unpaired) electrons. The second-order valence-electron chi connectivity index (χ2n) is 4.07. The van der Waals surface area contributed by atoms with Gasteiger partial charge in [0, 0.05) is 26.8 Å². The minimum atomic E-state index is -0.313. The van der Waals surface area contributed by atoms with Gasteiger partial charge in [0.1, 0.15) is 0 Å². The van der Waals surface area contributed by atoms with Crippen LogP contribution in [0.2, 0.25) is 0 Å². The summed E-state index contributed by atoms with van der Waals surface area (Å²) in [6, 6.07) is 0. The van der Waals surface area contributed by atoms with E-state index < -0.39 is 0 Å². The van der Waals surface area contributed by atoms with Gasteiger partial charge < -0.3 is 15.2 Å². The molecule has 0 aliphatic carbocycles. The summed E-state index contributed by atoms with van der Waals surface area (Å²) in [5.74, 6) is 0.0178. The van der Waals surface area contributed by atoms with Crippen LogP contribution in [0.4, 0.5) is 0 Å². The van der Waals surface area contributed by atoms with E-state index in [0.29, 0.717) is 26.1 Å². The molecule has 5 heteroatoms. The number of aliphatic hydroxyl groups excluding tert-OH is 1. The molecule has 16 heavy (non-hydrogen) atoms. The van der Waals surface area contributed by atoms with Crippen LogP contribution in [0.1, 0.15) is 19.8 Å². The number of hydrogen-bond donors (Lipinski definition) is 2. The lowest BCUT2D eigenvalue weighted by Crippen LogP contribution is -2.36. The predicted molar refractivity (Wildman–Crippen MR) is 63.3 cm³/mol. The number of carbonyl (C=O) groups is 1. The summed E-state index contributed by atoms with van der Waals surface area (Å²) < 4.78 is 4.88. The summed E-state index contributed by atoms with van der Waals surface area (Å²) in [7, 11) is 3.52. The number of hydrogen-bond acceptors (Lipinski definition) is 4. The molecule has 1 amide bonds. The number of ether oxygens (including phenoxy) is 1. The SMILES string of the molecule is COCCCNC(=O)CN(C)CCC(C)O. The van der Waals surface area contributed by atoms with Crippen LogP contribution in [-0.2, 0) is 9.53 Å². The maximum Gasteiger partial charge on any atom is 0.234 e. The number of rotatable bonds is 9. The van der Waals surface area contributed by atoms with Crippen molar-refractivity contribution < 1.29 is 14.6 Å². The number of nitrogens with one attached hydrogen (secondary N) is 1. The van der Waals surface area contributed by atoms with Gasteiger partial charge >= 0.3 is 0 Å². The monoisotopic (exact) mass is 232 g/mol. The summed E-state index contributed by atoms with van der Waals surface area (Å²) >= 11 is 0. The highest BCUT2D eigenvalue weighted by molar-refractivity contribution is 5.77. The Labute approximate surface area is 97.8 Å². The zero-order valence-corrected chi connectivity index (χ0v) is 10.5. The standard InChI is InChI=1S/C11H24N2O3/c1-10(14)5-7-13(2)9-11(15)12-6-4-8-16-3/h10,14H,4-9H2,1-3H3,(H,12,15). The Bertz CT molecular complexity index is 186. The van der Waals surface area contributed by atoms with Crippen LogP contribution in [0.5, 0.6) is 0 Å². The molecule has 2 N–H and O–H groups in total. The van der Waals surface area contributed by atoms with E-state index in [1.807, 2.05) is 11.9 Å². The lowest BCUT2D eigenvalue weighted by Gasteiger charge is -2.16. The van der Waals surface area contributed by atoms with Gasteiger partial charge in [-0.15, -0.1) is 0 Å². The minimum absolute atomic E-state index is 0.0178. The number of likely N-dealkylation sites (N-methyl/N-ethyl adjacent to an activating group) is 1. The van der Waals surface area contributed by atoms with Crippen molar-refractivity contribution in [3.8, 4) is 0 Å². The Morgan fingerprint density at radius 1 is 1.56 bits per heavy atom. The van der Waals surface area contributed by atoms with Crippen molar-refractivity contribution in [2.45, 2.75) is 25.9 Å². The largest absolute Gasteiger partial charge is 0.393 e. The average Bonchev–Trinajstić information content (AvgIpc) is 2.21. The van der Waals surface area contributed by atoms with Gasteiger partial charge in [0.05, 0.1) is 12.6 Å². The molecule has 0 aromatic carbocycles. The first-order chi connectivity index (χ1) is 7.56. The zero-order valence-electron chi connectivity index (χ0n) is 10.5. The minimum Gasteiger partial charge on any atom is -0.393 e. The molecule has 1 unspecified atom stereocenters. The highest BCUT2D eigenvalue weighted by atomic mass is 16.5. The Morgan fingerprint density at radius 3 is 2.81 bits per heavy atom. The molecule has 0 saturated heterocycles. The molecule has 1 atom stereocenters. The highest BCUT2D eigenvalue weighted by Gasteiger charge is 2.06. The Balaban J connectivity index is 3.46. The van der Waals surface area contributed by atoms with Gasteiger partial charge in [-0.05, 0) is 26.8 Å². The van der Waals surface area contributed by atoms with Gasteiger partial charge in [0.2, 0.25) is 5.91 Å². The third-order valence-corrected chi connectivity index (χ3v) is 2.19. The number of methoxy groups -OCH3 is 1. The number of carbonyl (C=O) groups excluding carboxylic acids is 1. The smallest absolute Gasteiger partial charge is 0.234 e. The second-order valence-corrected chi connectivity index (χ2v) is 4.07. The van der Waals surface area contributed by atoms with E-state index in [-0.39, 0.29) is 12.0 Å². The molecule has 0 bridgehead atoms. The topological polar surface area (TPSA) is 61.8 Å². The average molecular weight is 232 g/mol. The lowest BCUT2D eigenvalue weighted by atomic mass is 10.3. The van der Waals surface area contributed by atoms with E-state index in [1.54, 1.807) is 14.0 Å². The maximum absolute atomic E-state index is 11.4. The fraction of sp³-hybridized carbons (Fsp3) is 0.909. The number of amides is 1. The van der Waals surface area contributed by atoms with E-state index in [4.69, 9.17) is 9.84 Å². The van der Waals surface area contributed by atoms with Gasteiger partial charge in [-0.2, -0.15) is 0 Å². The molecule has 0 spiro atoms. The van der Waals surface area contributed by atoms with Crippen LogP contribution in [0.25, 0.3) is 0 Å². The van der Waals surface area contributed by atoms with Gasteiger partial charge in [0.25, 0.3) is 0 Å². The van der Waals surface area contributed by atoms with Crippen LogP contribution < -0.4 is 5.32 Å². The fourth-order valence-electron chi connectivity index (χ4n) is 1.23. The van der Waals surface area contributed by atoms with E-state index in [2.05, 4.69) is 5.32 Å². The molecule has 0 aromatic heterocycles. The Kier molecular flexibility index (Phi) is 9.18. The molecule has 0 aliphatic heterocycles. The lowest BCUT2D eigenvalue weighted by molar-refractivity contribution is -0.122. The number of nitrogens with zero attached hydrogens (tertiary/aromatic N) is 1. The Morgan fingerprint density at radius 2 is 2.25 bits per heavy atom. The molecule has 0 aromatic rings. The van der Waals surface area contributed by atoms with E-state index in [9.17, 15) is 4.79 Å². The molecule has 0 saturated carbocycles. The van der Waals surface area contributed by atoms with Crippen molar-refractivity contribution in [2.24, 2.45) is 0 Å². The third kappa shape index (κ3) is 9.89. The van der Waals surface area contributed by atoms with Crippen molar-refractivity contribution in [1.29, 1.82) is 0 Å². The summed E-state index contributed by atoms with van der Waals surface area (Å²) in [5.41, 5.74) is 0. The summed E-state index contributed by atoms with van der Waals surface area (Å²) in [5, 5.41) is 11.9. The second kappa shape index (κ2) is 9.57. The summed E-state index contributed by atoms with van der Waals surface area (Å²) in [4.78, 5) is 13.3. The highest BCUT2D eigenvalue weighted by Crippen LogP contribution is 1.92. The fourth-order valence-corrected chi connectivity index (χ4v) is 1.23. The van der Waals surface area contributed by atoms with Gasteiger partial charge in [-0.25, -0.2) is 0 Å². The van der Waals surface area contributed by atoms with Crippen LogP contribution in [0.3, 0.4) is 0 Å². The van der Waals surface area contributed by atoms with Crippen LogP contribution >= 0.6 is 0 Å². The van der Waals surface area contributed by atoms with Gasteiger partial charge in [-0.1, -0.05) is 0 Å². The van der Waals surface area contributed by atoms with Crippen molar-refractivity contribution in [2.75, 3.05) is 40.4 Å². The number of aliphatic hydroxyl groups is 1. The molecular formula is C11H24N2O3. The zero-order chi connectivity index (χ0) is 12.4.